The molecule has 1 saturated heterocycles. The summed E-state index contributed by atoms with van der Waals surface area (Å²) >= 11 is 0. The Morgan fingerprint density at radius 2 is 1.81 bits per heavy atom. The highest BCUT2D eigenvalue weighted by molar-refractivity contribution is 5.94. The molecule has 0 saturated carbocycles. The molecule has 1 heterocycles. The number of nitrogens with one attached hydrogen (secondary N) is 1. The fraction of sp³-hybridized carbons (Fsp3) is 0.381. The van der Waals surface area contributed by atoms with Gasteiger partial charge in [-0.1, -0.05) is 18.2 Å². The van der Waals surface area contributed by atoms with Crippen LogP contribution in [0, 0.1) is 11.6 Å². The van der Waals surface area contributed by atoms with Gasteiger partial charge in [0.1, 0.15) is 0 Å². The van der Waals surface area contributed by atoms with Gasteiger partial charge < -0.3 is 15.0 Å². The second-order valence-electron chi connectivity index (χ2n) is 6.98. The fourth-order valence-corrected chi connectivity index (χ4v) is 3.40. The number of morpholine rings is 1. The minimum absolute atomic E-state index is 0.117. The van der Waals surface area contributed by atoms with Gasteiger partial charge in [0, 0.05) is 19.5 Å². The van der Waals surface area contributed by atoms with Gasteiger partial charge in [0.25, 0.3) is 0 Å². The van der Waals surface area contributed by atoms with E-state index in [0.717, 1.165) is 36.6 Å². The van der Waals surface area contributed by atoms with Crippen molar-refractivity contribution in [3.8, 4) is 0 Å². The van der Waals surface area contributed by atoms with Gasteiger partial charge in [-0.15, -0.1) is 0 Å². The SMILES string of the molecule is CC1CN(c2ccccc2NC(=O)CCc2ccc(F)c(F)c2)CC(C)O1. The molecule has 1 aliphatic rings. The Kier molecular flexibility index (Phi) is 6.06. The number of hydrogen-bond acceptors (Lipinski definition) is 3. The average molecular weight is 374 g/mol. The number of benzene rings is 2. The van der Waals surface area contributed by atoms with Gasteiger partial charge in [0.2, 0.25) is 5.91 Å². The summed E-state index contributed by atoms with van der Waals surface area (Å²) in [6.45, 7) is 5.58. The van der Waals surface area contributed by atoms with Crippen LogP contribution < -0.4 is 10.2 Å². The van der Waals surface area contributed by atoms with Crippen LogP contribution in [0.25, 0.3) is 0 Å². The maximum atomic E-state index is 13.3. The Hall–Kier alpha value is -2.47. The molecule has 1 aliphatic heterocycles. The minimum atomic E-state index is -0.895. The minimum Gasteiger partial charge on any atom is -0.372 e. The lowest BCUT2D eigenvalue weighted by atomic mass is 10.1. The molecule has 6 heteroatoms. The van der Waals surface area contributed by atoms with Gasteiger partial charge in [-0.3, -0.25) is 4.79 Å². The van der Waals surface area contributed by atoms with Crippen molar-refractivity contribution in [3.63, 3.8) is 0 Å². The summed E-state index contributed by atoms with van der Waals surface area (Å²) in [6.07, 6.45) is 0.767. The van der Waals surface area contributed by atoms with Crippen molar-refractivity contribution in [3.05, 3.63) is 59.7 Å². The zero-order valence-corrected chi connectivity index (χ0v) is 15.5. The molecule has 2 unspecified atom stereocenters. The predicted molar refractivity (Wildman–Crippen MR) is 102 cm³/mol. The van der Waals surface area contributed by atoms with Crippen molar-refractivity contribution in [2.75, 3.05) is 23.3 Å². The zero-order chi connectivity index (χ0) is 19.4. The Labute approximate surface area is 158 Å². The fourth-order valence-electron chi connectivity index (χ4n) is 3.40. The van der Waals surface area contributed by atoms with E-state index in [-0.39, 0.29) is 24.5 Å². The molecule has 144 valence electrons. The third-order valence-corrected chi connectivity index (χ3v) is 4.56. The molecule has 1 fully saturated rings. The Morgan fingerprint density at radius 1 is 1.11 bits per heavy atom. The van der Waals surface area contributed by atoms with Crippen molar-refractivity contribution < 1.29 is 18.3 Å². The molecule has 0 spiro atoms. The van der Waals surface area contributed by atoms with E-state index in [9.17, 15) is 13.6 Å². The third kappa shape index (κ3) is 5.04. The first-order valence-corrected chi connectivity index (χ1v) is 9.15. The summed E-state index contributed by atoms with van der Waals surface area (Å²) in [7, 11) is 0. The summed E-state index contributed by atoms with van der Waals surface area (Å²) in [5.41, 5.74) is 2.29. The molecule has 2 aromatic carbocycles. The molecule has 1 amide bonds. The van der Waals surface area contributed by atoms with E-state index in [1.54, 1.807) is 0 Å². The summed E-state index contributed by atoms with van der Waals surface area (Å²) in [6, 6.07) is 11.4. The molecule has 4 nitrogen and oxygen atoms in total. The maximum absolute atomic E-state index is 13.3. The number of halogens is 2. The molecule has 0 radical (unpaired) electrons. The van der Waals surface area contributed by atoms with Gasteiger partial charge in [0.05, 0.1) is 23.6 Å². The van der Waals surface area contributed by atoms with Crippen LogP contribution in [0.1, 0.15) is 25.8 Å². The number of ether oxygens (including phenoxy) is 1. The standard InChI is InChI=1S/C21H24F2N2O2/c1-14-12-25(13-15(2)27-14)20-6-4-3-5-19(20)24-21(26)10-8-16-7-9-17(22)18(23)11-16/h3-7,9,11,14-15H,8,10,12-13H2,1-2H3,(H,24,26). The summed E-state index contributed by atoms with van der Waals surface area (Å²) in [5, 5.41) is 2.94. The summed E-state index contributed by atoms with van der Waals surface area (Å²) < 4.78 is 32.1. The van der Waals surface area contributed by atoms with E-state index in [1.165, 1.54) is 6.07 Å². The second kappa shape index (κ2) is 8.48. The van der Waals surface area contributed by atoms with Crippen molar-refractivity contribution >= 4 is 17.3 Å². The average Bonchev–Trinajstić information content (AvgIpc) is 2.62. The van der Waals surface area contributed by atoms with Crippen molar-refractivity contribution in [1.82, 2.24) is 0 Å². The molecule has 0 aromatic heterocycles. The van der Waals surface area contributed by atoms with E-state index in [4.69, 9.17) is 4.74 Å². The van der Waals surface area contributed by atoms with Crippen LogP contribution in [0.15, 0.2) is 42.5 Å². The lowest BCUT2D eigenvalue weighted by Gasteiger charge is -2.37. The Balaban J connectivity index is 1.65. The highest BCUT2D eigenvalue weighted by Gasteiger charge is 2.24. The van der Waals surface area contributed by atoms with E-state index in [0.29, 0.717) is 12.0 Å². The summed E-state index contributed by atoms with van der Waals surface area (Å²) in [4.78, 5) is 14.6. The number of rotatable bonds is 5. The molecule has 3 rings (SSSR count). The smallest absolute Gasteiger partial charge is 0.224 e. The van der Waals surface area contributed by atoms with Crippen molar-refractivity contribution in [1.29, 1.82) is 0 Å². The Morgan fingerprint density at radius 3 is 2.52 bits per heavy atom. The largest absolute Gasteiger partial charge is 0.372 e. The number of aryl methyl sites for hydroxylation is 1. The van der Waals surface area contributed by atoms with E-state index >= 15 is 0 Å². The number of carbonyl (C=O) groups excluding carboxylic acids is 1. The molecule has 0 aliphatic carbocycles. The predicted octanol–water partition coefficient (Wildman–Crippen LogP) is 4.15. The number of carbonyl (C=O) groups is 1. The molecule has 2 aromatic rings. The van der Waals surface area contributed by atoms with E-state index < -0.39 is 11.6 Å². The molecular formula is C21H24F2N2O2. The first-order valence-electron chi connectivity index (χ1n) is 9.15. The highest BCUT2D eigenvalue weighted by atomic mass is 19.2. The van der Waals surface area contributed by atoms with Crippen molar-refractivity contribution in [2.45, 2.75) is 38.9 Å². The molecule has 27 heavy (non-hydrogen) atoms. The molecule has 2 atom stereocenters. The number of nitrogens with zero attached hydrogens (tertiary/aromatic N) is 1. The topological polar surface area (TPSA) is 41.6 Å². The number of hydrogen-bond donors (Lipinski definition) is 1. The van der Waals surface area contributed by atoms with Crippen LogP contribution in [0.5, 0.6) is 0 Å². The number of para-hydroxylation sites is 2. The monoisotopic (exact) mass is 374 g/mol. The molecule has 1 N–H and O–H groups in total. The Bertz CT molecular complexity index is 803. The van der Waals surface area contributed by atoms with Crippen LogP contribution in [0.3, 0.4) is 0 Å². The van der Waals surface area contributed by atoms with Crippen LogP contribution in [-0.2, 0) is 16.0 Å². The van der Waals surface area contributed by atoms with Gasteiger partial charge in [-0.05, 0) is 50.1 Å². The lowest BCUT2D eigenvalue weighted by molar-refractivity contribution is -0.116. The quantitative estimate of drug-likeness (QED) is 0.855. The first kappa shape index (κ1) is 19.3. The van der Waals surface area contributed by atoms with Gasteiger partial charge >= 0.3 is 0 Å². The zero-order valence-electron chi connectivity index (χ0n) is 15.5. The molecule has 0 bridgehead atoms. The van der Waals surface area contributed by atoms with Gasteiger partial charge in [0.15, 0.2) is 11.6 Å². The van der Waals surface area contributed by atoms with Crippen molar-refractivity contribution in [2.24, 2.45) is 0 Å². The maximum Gasteiger partial charge on any atom is 0.224 e. The van der Waals surface area contributed by atoms with Crippen LogP contribution in [-0.4, -0.2) is 31.2 Å². The molecular weight excluding hydrogens is 350 g/mol. The third-order valence-electron chi connectivity index (χ3n) is 4.56. The van der Waals surface area contributed by atoms with Gasteiger partial charge in [-0.2, -0.15) is 0 Å². The lowest BCUT2D eigenvalue weighted by Crippen LogP contribution is -2.45. The highest BCUT2D eigenvalue weighted by Crippen LogP contribution is 2.28. The number of amides is 1. The number of anilines is 2. The van der Waals surface area contributed by atoms with Gasteiger partial charge in [-0.25, -0.2) is 8.78 Å². The van der Waals surface area contributed by atoms with E-state index in [2.05, 4.69) is 10.2 Å². The van der Waals surface area contributed by atoms with Crippen LogP contribution in [0.2, 0.25) is 0 Å². The summed E-state index contributed by atoms with van der Waals surface area (Å²) in [5.74, 6) is -1.94. The first-order chi connectivity index (χ1) is 12.9. The second-order valence-corrected chi connectivity index (χ2v) is 6.98. The van der Waals surface area contributed by atoms with E-state index in [1.807, 2.05) is 38.1 Å². The normalized spacial score (nSPS) is 19.8. The van der Waals surface area contributed by atoms with Crippen LogP contribution >= 0.6 is 0 Å². The van der Waals surface area contributed by atoms with Crippen LogP contribution in [0.4, 0.5) is 20.2 Å².